The molecule has 0 spiro atoms. The molecule has 0 aliphatic rings. The molecule has 0 fully saturated rings. The summed E-state index contributed by atoms with van der Waals surface area (Å²) in [4.78, 5) is 24.8. The Hall–Kier alpha value is -3.39. The van der Waals surface area contributed by atoms with E-state index in [0.717, 1.165) is 22.6 Å². The van der Waals surface area contributed by atoms with E-state index in [9.17, 15) is 9.90 Å². The van der Waals surface area contributed by atoms with E-state index in [1.165, 1.54) is 16.2 Å². The first-order valence-corrected chi connectivity index (χ1v) is 8.82. The van der Waals surface area contributed by atoms with E-state index in [2.05, 4.69) is 20.3 Å². The maximum atomic E-state index is 12.5. The molecular formula is C18H16N5O2S+. The van der Waals surface area contributed by atoms with Crippen molar-refractivity contribution in [3.05, 3.63) is 53.4 Å². The molecule has 4 N–H and O–H groups in total. The first-order valence-electron chi connectivity index (χ1n) is 7.87. The molecule has 130 valence electrons. The molecule has 26 heavy (non-hydrogen) atoms. The topological polar surface area (TPSA) is 95.4 Å². The number of aromatic hydroxyl groups is 1. The Bertz CT molecular complexity index is 1060. The number of rotatable bonds is 3. The molecule has 0 aliphatic heterocycles. The minimum absolute atomic E-state index is 0.159. The molecular weight excluding hydrogens is 350 g/mol. The Balaban J connectivity index is 1.55. The summed E-state index contributed by atoms with van der Waals surface area (Å²) < 4.78 is 0. The Labute approximate surface area is 153 Å². The van der Waals surface area contributed by atoms with Crippen LogP contribution in [0.25, 0.3) is 22.6 Å². The van der Waals surface area contributed by atoms with Gasteiger partial charge in [-0.05, 0) is 36.4 Å². The number of benzene rings is 2. The number of aromatic nitrogens is 3. The van der Waals surface area contributed by atoms with E-state index >= 15 is 0 Å². The Morgan fingerprint density at radius 3 is 2.81 bits per heavy atom. The monoisotopic (exact) mass is 366 g/mol. The van der Waals surface area contributed by atoms with Gasteiger partial charge in [-0.25, -0.2) is 19.7 Å². The summed E-state index contributed by atoms with van der Waals surface area (Å²) in [6, 6.07) is 11.8. The van der Waals surface area contributed by atoms with Crippen LogP contribution in [0.5, 0.6) is 5.75 Å². The summed E-state index contributed by atoms with van der Waals surface area (Å²) in [5, 5.41) is 14.2. The van der Waals surface area contributed by atoms with Gasteiger partial charge in [0.05, 0.1) is 5.51 Å². The standard InChI is InChI=1S/C18H15N5O2S/c1-23(12-3-5-13(24)6-4-12)18(25)20-11-2-7-14-15(8-11)22-17(21-14)16-9-26-10-19-16/h2-10,24H,1H3,(H,20,25)(H,21,22)/p+1. The van der Waals surface area contributed by atoms with Gasteiger partial charge in [-0.3, -0.25) is 4.90 Å². The van der Waals surface area contributed by atoms with E-state index in [0.29, 0.717) is 11.4 Å². The molecule has 0 bridgehead atoms. The maximum absolute atomic E-state index is 12.5. The highest BCUT2D eigenvalue weighted by molar-refractivity contribution is 7.07. The van der Waals surface area contributed by atoms with Crippen molar-refractivity contribution in [2.24, 2.45) is 0 Å². The highest BCUT2D eigenvalue weighted by Gasteiger charge is 2.16. The predicted molar refractivity (Wildman–Crippen MR) is 101 cm³/mol. The molecule has 0 radical (unpaired) electrons. The predicted octanol–water partition coefficient (Wildman–Crippen LogP) is 3.48. The van der Waals surface area contributed by atoms with Crippen molar-refractivity contribution in [1.82, 2.24) is 9.97 Å². The normalized spacial score (nSPS) is 10.8. The molecule has 2 amide bonds. The number of hydrogen-bond donors (Lipinski definition) is 3. The van der Waals surface area contributed by atoms with E-state index in [1.54, 1.807) is 36.8 Å². The SMILES string of the molecule is CN(C(=O)Nc1ccc2[nH+]c(-c3cscn3)[nH]c2c1)c1ccc(O)cc1. The van der Waals surface area contributed by atoms with Crippen LogP contribution in [0.15, 0.2) is 53.4 Å². The molecule has 0 aliphatic carbocycles. The first kappa shape index (κ1) is 16.1. The number of anilines is 2. The number of aromatic amines is 2. The number of urea groups is 1. The Kier molecular flexibility index (Phi) is 4.02. The largest absolute Gasteiger partial charge is 0.508 e. The zero-order valence-electron chi connectivity index (χ0n) is 13.9. The third-order valence-electron chi connectivity index (χ3n) is 4.02. The Morgan fingerprint density at radius 2 is 2.08 bits per heavy atom. The number of carbonyl (C=O) groups is 1. The molecule has 7 nitrogen and oxygen atoms in total. The van der Waals surface area contributed by atoms with Crippen LogP contribution in [0.1, 0.15) is 0 Å². The minimum atomic E-state index is -0.273. The van der Waals surface area contributed by atoms with Gasteiger partial charge in [-0.2, -0.15) is 0 Å². The minimum Gasteiger partial charge on any atom is -0.508 e. The van der Waals surface area contributed by atoms with Crippen LogP contribution in [0, 0.1) is 0 Å². The number of phenolic OH excluding ortho intramolecular Hbond substituents is 1. The number of H-pyrrole nitrogens is 2. The average Bonchev–Trinajstić information content (AvgIpc) is 3.30. The lowest BCUT2D eigenvalue weighted by molar-refractivity contribution is -0.330. The molecule has 8 heteroatoms. The second-order valence-corrected chi connectivity index (χ2v) is 6.48. The van der Waals surface area contributed by atoms with Gasteiger partial charge in [-0.15, -0.1) is 11.3 Å². The van der Waals surface area contributed by atoms with Crippen molar-refractivity contribution in [1.29, 1.82) is 0 Å². The van der Waals surface area contributed by atoms with Crippen molar-refractivity contribution in [3.63, 3.8) is 0 Å². The summed E-state index contributed by atoms with van der Waals surface area (Å²) in [7, 11) is 1.67. The first-order chi connectivity index (χ1) is 12.6. The van der Waals surface area contributed by atoms with E-state index in [-0.39, 0.29) is 11.8 Å². The van der Waals surface area contributed by atoms with Crippen LogP contribution >= 0.6 is 11.3 Å². The number of imidazole rings is 1. The summed E-state index contributed by atoms with van der Waals surface area (Å²) in [6.45, 7) is 0. The summed E-state index contributed by atoms with van der Waals surface area (Å²) in [6.07, 6.45) is 0. The lowest BCUT2D eigenvalue weighted by Gasteiger charge is -2.18. The summed E-state index contributed by atoms with van der Waals surface area (Å²) in [5.74, 6) is 0.984. The lowest BCUT2D eigenvalue weighted by atomic mass is 10.2. The van der Waals surface area contributed by atoms with Gasteiger partial charge < -0.3 is 10.4 Å². The van der Waals surface area contributed by atoms with Crippen molar-refractivity contribution in [3.8, 4) is 17.3 Å². The van der Waals surface area contributed by atoms with Crippen molar-refractivity contribution in [2.75, 3.05) is 17.3 Å². The number of nitrogens with zero attached hydrogens (tertiary/aromatic N) is 2. The molecule has 0 atom stereocenters. The van der Waals surface area contributed by atoms with E-state index < -0.39 is 0 Å². The fourth-order valence-corrected chi connectivity index (χ4v) is 3.14. The molecule has 0 saturated carbocycles. The molecule has 0 unspecified atom stereocenters. The number of nitrogens with one attached hydrogen (secondary N) is 3. The summed E-state index contributed by atoms with van der Waals surface area (Å²) in [5.41, 5.74) is 5.79. The van der Waals surface area contributed by atoms with Crippen LogP contribution in [-0.4, -0.2) is 28.2 Å². The molecule has 2 aromatic carbocycles. The van der Waals surface area contributed by atoms with Gasteiger partial charge in [-0.1, -0.05) is 0 Å². The highest BCUT2D eigenvalue weighted by Crippen LogP contribution is 2.21. The van der Waals surface area contributed by atoms with Gasteiger partial charge in [0.25, 0.3) is 0 Å². The van der Waals surface area contributed by atoms with Gasteiger partial charge in [0, 0.05) is 29.9 Å². The number of phenols is 1. The molecule has 4 aromatic rings. The van der Waals surface area contributed by atoms with Crippen LogP contribution in [-0.2, 0) is 0 Å². The molecule has 2 aromatic heterocycles. The number of fused-ring (bicyclic) bond motifs is 1. The lowest BCUT2D eigenvalue weighted by Crippen LogP contribution is -2.31. The quantitative estimate of drug-likeness (QED) is 0.518. The fraction of sp³-hybridized carbons (Fsp3) is 0.0556. The Morgan fingerprint density at radius 1 is 1.27 bits per heavy atom. The van der Waals surface area contributed by atoms with Gasteiger partial charge in [0.15, 0.2) is 16.7 Å². The van der Waals surface area contributed by atoms with Crippen molar-refractivity contribution in [2.45, 2.75) is 0 Å². The van der Waals surface area contributed by atoms with Crippen molar-refractivity contribution < 1.29 is 14.9 Å². The number of carbonyl (C=O) groups excluding carboxylic acids is 1. The number of hydrogen-bond acceptors (Lipinski definition) is 4. The molecule has 0 saturated heterocycles. The average molecular weight is 366 g/mol. The van der Waals surface area contributed by atoms with Gasteiger partial charge in [0.2, 0.25) is 0 Å². The smallest absolute Gasteiger partial charge is 0.326 e. The van der Waals surface area contributed by atoms with Crippen LogP contribution in [0.2, 0.25) is 0 Å². The second kappa shape index (κ2) is 6.49. The number of amides is 2. The highest BCUT2D eigenvalue weighted by atomic mass is 32.1. The van der Waals surface area contributed by atoms with Gasteiger partial charge in [0.1, 0.15) is 5.75 Å². The van der Waals surface area contributed by atoms with E-state index in [1.807, 2.05) is 23.6 Å². The zero-order chi connectivity index (χ0) is 18.1. The fourth-order valence-electron chi connectivity index (χ4n) is 2.60. The van der Waals surface area contributed by atoms with Crippen LogP contribution in [0.3, 0.4) is 0 Å². The summed E-state index contributed by atoms with van der Waals surface area (Å²) >= 11 is 1.53. The maximum Gasteiger partial charge on any atom is 0.326 e. The van der Waals surface area contributed by atoms with Crippen LogP contribution in [0.4, 0.5) is 16.2 Å². The molecule has 2 heterocycles. The third-order valence-corrected chi connectivity index (χ3v) is 4.61. The van der Waals surface area contributed by atoms with Crippen molar-refractivity contribution >= 4 is 39.8 Å². The van der Waals surface area contributed by atoms with Gasteiger partial charge >= 0.3 is 11.9 Å². The number of thiazole rings is 1. The second-order valence-electron chi connectivity index (χ2n) is 5.76. The van der Waals surface area contributed by atoms with E-state index in [4.69, 9.17) is 0 Å². The molecule has 4 rings (SSSR count). The third kappa shape index (κ3) is 3.09. The van der Waals surface area contributed by atoms with Crippen LogP contribution < -0.4 is 15.2 Å². The zero-order valence-corrected chi connectivity index (χ0v) is 14.7.